The summed E-state index contributed by atoms with van der Waals surface area (Å²) in [4.78, 5) is 0. The molecule has 296 valence electrons. The molecule has 0 amide bonds. The maximum absolute atomic E-state index is 11.1. The Morgan fingerprint density at radius 2 is 1.27 bits per heavy atom. The molecule has 2 heterocycles. The summed E-state index contributed by atoms with van der Waals surface area (Å²) in [7, 11) is 0. The summed E-state index contributed by atoms with van der Waals surface area (Å²) in [5.74, 6) is 6.00. The number of ether oxygens (including phenoxy) is 4. The van der Waals surface area contributed by atoms with Crippen LogP contribution in [0.2, 0.25) is 0 Å². The molecule has 2 saturated heterocycles. The summed E-state index contributed by atoms with van der Waals surface area (Å²) in [5, 5.41) is 72.7. The van der Waals surface area contributed by atoms with Crippen molar-refractivity contribution >= 4 is 0 Å². The molecule has 51 heavy (non-hydrogen) atoms. The van der Waals surface area contributed by atoms with Crippen LogP contribution in [0.5, 0.6) is 0 Å². The van der Waals surface area contributed by atoms with Gasteiger partial charge in [-0.1, -0.05) is 54.4 Å². The molecule has 0 aromatic carbocycles. The lowest BCUT2D eigenvalue weighted by molar-refractivity contribution is -0.364. The summed E-state index contributed by atoms with van der Waals surface area (Å²) < 4.78 is 23.5. The molecule has 11 heteroatoms. The normalized spacial score (nSPS) is 51.4. The van der Waals surface area contributed by atoms with Crippen molar-refractivity contribution in [1.29, 1.82) is 0 Å². The highest BCUT2D eigenvalue weighted by molar-refractivity contribution is 5.10. The lowest BCUT2D eigenvalue weighted by atomic mass is 9.44. The Labute approximate surface area is 305 Å². The zero-order valence-electron chi connectivity index (χ0n) is 31.9. The van der Waals surface area contributed by atoms with Crippen LogP contribution in [-0.2, 0) is 18.9 Å². The first-order chi connectivity index (χ1) is 24.1. The molecule has 0 aromatic rings. The fourth-order valence-corrected chi connectivity index (χ4v) is 12.2. The van der Waals surface area contributed by atoms with E-state index in [1.807, 2.05) is 0 Å². The van der Waals surface area contributed by atoms with Crippen molar-refractivity contribution in [3.8, 4) is 0 Å². The third-order valence-electron chi connectivity index (χ3n) is 15.9. The Hall–Kier alpha value is -0.440. The van der Waals surface area contributed by atoms with E-state index in [9.17, 15) is 35.7 Å². The van der Waals surface area contributed by atoms with Gasteiger partial charge < -0.3 is 54.7 Å². The second kappa shape index (κ2) is 16.0. The van der Waals surface area contributed by atoms with Crippen LogP contribution < -0.4 is 0 Å². The monoisotopic (exact) mass is 726 g/mol. The van der Waals surface area contributed by atoms with Crippen LogP contribution in [-0.4, -0.2) is 116 Å². The highest BCUT2D eigenvalue weighted by Gasteiger charge is 2.61. The van der Waals surface area contributed by atoms with Crippen molar-refractivity contribution in [2.45, 2.75) is 180 Å². The lowest BCUT2D eigenvalue weighted by Crippen LogP contribution is -2.65. The van der Waals surface area contributed by atoms with Crippen LogP contribution in [0.4, 0.5) is 0 Å². The predicted molar refractivity (Wildman–Crippen MR) is 189 cm³/mol. The fourth-order valence-electron chi connectivity index (χ4n) is 12.2. The van der Waals surface area contributed by atoms with Gasteiger partial charge in [-0.25, -0.2) is 0 Å². The molecule has 0 spiro atoms. The summed E-state index contributed by atoms with van der Waals surface area (Å²) in [6.07, 6.45) is -1.27. The third kappa shape index (κ3) is 7.46. The Morgan fingerprint density at radius 1 is 0.647 bits per heavy atom. The van der Waals surface area contributed by atoms with Gasteiger partial charge in [0.25, 0.3) is 0 Å². The number of hydrogen-bond acceptors (Lipinski definition) is 11. The van der Waals surface area contributed by atoms with Crippen molar-refractivity contribution in [1.82, 2.24) is 0 Å². The highest BCUT2D eigenvalue weighted by atomic mass is 16.7. The van der Waals surface area contributed by atoms with E-state index in [1.165, 1.54) is 51.4 Å². The zero-order chi connectivity index (χ0) is 37.0. The van der Waals surface area contributed by atoms with Gasteiger partial charge >= 0.3 is 0 Å². The zero-order valence-corrected chi connectivity index (χ0v) is 31.9. The fraction of sp³-hybridized carbons (Fsp3) is 1.00. The maximum atomic E-state index is 11.1. The minimum absolute atomic E-state index is 0.160. The third-order valence-corrected chi connectivity index (χ3v) is 15.9. The molecule has 11 nitrogen and oxygen atoms in total. The van der Waals surface area contributed by atoms with E-state index in [4.69, 9.17) is 18.9 Å². The van der Waals surface area contributed by atoms with E-state index in [-0.39, 0.29) is 11.5 Å². The Kier molecular flexibility index (Phi) is 12.6. The number of hydrogen-bond donors (Lipinski definition) is 7. The molecular formula is C40H70O11. The van der Waals surface area contributed by atoms with Gasteiger partial charge in [0, 0.05) is 0 Å². The van der Waals surface area contributed by atoms with Gasteiger partial charge in [0.05, 0.1) is 19.3 Å². The molecule has 6 aliphatic rings. The number of rotatable bonds is 11. The summed E-state index contributed by atoms with van der Waals surface area (Å²) in [5.41, 5.74) is 0.706. The standard InChI is InChI=1S/C40H70O11/c1-20(2)21(3)7-8-22(4)26-11-12-27-25-10-9-23-17-24(13-15-39(23,5)28(25)14-16-40(26,27)6)48-37-35(47)33(45)36(30(19-42)50-37)51-38-34(46)32(44)31(43)29(18-41)49-38/h20-38,41-47H,7-19H2,1-6H3/t21-,22-,23+,24+,25?,26-,27+,28?,29-,30-,31+,32+,33-,34-,35-,36-,37-,38+,39+,40-/m1/s1. The van der Waals surface area contributed by atoms with Gasteiger partial charge in [-0.2, -0.15) is 0 Å². The molecule has 6 rings (SSSR count). The van der Waals surface area contributed by atoms with Crippen molar-refractivity contribution in [2.75, 3.05) is 13.2 Å². The van der Waals surface area contributed by atoms with Gasteiger partial charge in [0.1, 0.15) is 48.8 Å². The summed E-state index contributed by atoms with van der Waals surface area (Å²) >= 11 is 0. The smallest absolute Gasteiger partial charge is 0.187 e. The van der Waals surface area contributed by atoms with Crippen LogP contribution in [0.3, 0.4) is 0 Å². The van der Waals surface area contributed by atoms with Crippen molar-refractivity contribution < 1.29 is 54.7 Å². The average molecular weight is 727 g/mol. The molecule has 0 aromatic heterocycles. The van der Waals surface area contributed by atoms with Crippen molar-refractivity contribution in [3.05, 3.63) is 0 Å². The van der Waals surface area contributed by atoms with Crippen LogP contribution in [0, 0.1) is 58.2 Å². The molecule has 2 aliphatic heterocycles. The summed E-state index contributed by atoms with van der Waals surface area (Å²) in [6, 6.07) is 0. The second-order valence-electron chi connectivity index (χ2n) is 18.7. The predicted octanol–water partition coefficient (Wildman–Crippen LogP) is 3.36. The van der Waals surface area contributed by atoms with Crippen LogP contribution >= 0.6 is 0 Å². The second-order valence-corrected chi connectivity index (χ2v) is 18.7. The number of aliphatic hydroxyl groups is 7. The molecule has 4 saturated carbocycles. The van der Waals surface area contributed by atoms with Crippen LogP contribution in [0.15, 0.2) is 0 Å². The first kappa shape index (κ1) is 40.2. The van der Waals surface area contributed by atoms with E-state index in [1.54, 1.807) is 0 Å². The lowest BCUT2D eigenvalue weighted by Gasteiger charge is -2.61. The van der Waals surface area contributed by atoms with E-state index in [0.29, 0.717) is 11.3 Å². The van der Waals surface area contributed by atoms with E-state index < -0.39 is 74.6 Å². The maximum Gasteiger partial charge on any atom is 0.187 e. The van der Waals surface area contributed by atoms with Crippen molar-refractivity contribution in [2.24, 2.45) is 58.2 Å². The molecule has 0 radical (unpaired) electrons. The van der Waals surface area contributed by atoms with Crippen LogP contribution in [0.25, 0.3) is 0 Å². The SMILES string of the molecule is CC(C)[C@H](C)CC[C@@H](C)[C@H]1CC[C@H]2C3CC[C@H]4C[C@@H](O[C@@H]5O[C@H](CO)[C@@H](O[C@@H]6O[C@H](CO)[C@H](O)[C@H](O)[C@H]6O)[C@H](O)[C@H]5O)CC[C@]4(C)C3CC[C@]12C. The first-order valence-electron chi connectivity index (χ1n) is 20.4. The quantitative estimate of drug-likeness (QED) is 0.155. The topological polar surface area (TPSA) is 179 Å². The van der Waals surface area contributed by atoms with E-state index in [0.717, 1.165) is 60.7 Å². The van der Waals surface area contributed by atoms with Gasteiger partial charge in [-0.15, -0.1) is 0 Å². The summed E-state index contributed by atoms with van der Waals surface area (Å²) in [6.45, 7) is 13.6. The van der Waals surface area contributed by atoms with Gasteiger partial charge in [0.2, 0.25) is 0 Å². The first-order valence-corrected chi connectivity index (χ1v) is 20.4. The Balaban J connectivity index is 1.05. The molecule has 4 aliphatic carbocycles. The molecule has 20 atom stereocenters. The molecule has 7 N–H and O–H groups in total. The molecule has 0 bridgehead atoms. The van der Waals surface area contributed by atoms with Crippen LogP contribution in [0.1, 0.15) is 112 Å². The highest BCUT2D eigenvalue weighted by Crippen LogP contribution is 2.68. The van der Waals surface area contributed by atoms with E-state index in [2.05, 4.69) is 41.5 Å². The minimum Gasteiger partial charge on any atom is -0.394 e. The van der Waals surface area contributed by atoms with Gasteiger partial charge in [-0.05, 0) is 116 Å². The van der Waals surface area contributed by atoms with Gasteiger partial charge in [-0.3, -0.25) is 0 Å². The largest absolute Gasteiger partial charge is 0.394 e. The average Bonchev–Trinajstić information content (AvgIpc) is 3.47. The van der Waals surface area contributed by atoms with E-state index >= 15 is 0 Å². The minimum atomic E-state index is -1.70. The molecule has 2 unspecified atom stereocenters. The van der Waals surface area contributed by atoms with Gasteiger partial charge in [0.15, 0.2) is 12.6 Å². The Bertz CT molecular complexity index is 1140. The Morgan fingerprint density at radius 3 is 1.96 bits per heavy atom. The number of aliphatic hydroxyl groups excluding tert-OH is 7. The molecule has 6 fully saturated rings. The number of fused-ring (bicyclic) bond motifs is 5. The van der Waals surface area contributed by atoms with Crippen molar-refractivity contribution in [3.63, 3.8) is 0 Å². The molecular weight excluding hydrogens is 656 g/mol.